The lowest BCUT2D eigenvalue weighted by Gasteiger charge is -2.39. The van der Waals surface area contributed by atoms with Gasteiger partial charge in [-0.25, -0.2) is 0 Å². The van der Waals surface area contributed by atoms with E-state index in [0.29, 0.717) is 0 Å². The predicted molar refractivity (Wildman–Crippen MR) is 68.0 cm³/mol. The maximum absolute atomic E-state index is 12.1. The summed E-state index contributed by atoms with van der Waals surface area (Å²) in [5.74, 6) is 0.142. The number of amides is 1. The molecule has 1 heterocycles. The zero-order chi connectivity index (χ0) is 11.9. The Hall–Kier alpha value is -1.51. The molecule has 90 valence electrons. The van der Waals surface area contributed by atoms with E-state index in [0.717, 1.165) is 24.9 Å². The second kappa shape index (κ2) is 3.76. The summed E-state index contributed by atoms with van der Waals surface area (Å²) in [4.78, 5) is 12.1. The van der Waals surface area contributed by atoms with Crippen molar-refractivity contribution < 1.29 is 4.79 Å². The van der Waals surface area contributed by atoms with Gasteiger partial charge in [-0.1, -0.05) is 18.2 Å². The molecule has 0 unspecified atom stereocenters. The van der Waals surface area contributed by atoms with Crippen LogP contribution in [0.4, 0.5) is 5.69 Å². The fraction of sp³-hybridized carbons (Fsp3) is 0.500. The average molecular weight is 230 g/mol. The molecule has 1 aromatic rings. The Kier molecular flexibility index (Phi) is 2.35. The third-order valence-corrected chi connectivity index (χ3v) is 3.97. The molecule has 1 amide bonds. The standard InChI is InChI=1S/C14H18N2O/c1-14(7-4-8-14)16-13(17)12-9-10-5-2-3-6-11(10)15-12/h2-3,5-6,12,15H,4,7-9H2,1H3,(H,16,17)/t12-/m0/s1. The molecule has 0 bridgehead atoms. The quantitative estimate of drug-likeness (QED) is 0.816. The van der Waals surface area contributed by atoms with Gasteiger partial charge in [-0.15, -0.1) is 0 Å². The molecule has 1 atom stereocenters. The number of para-hydroxylation sites is 1. The first-order chi connectivity index (χ1) is 8.16. The highest BCUT2D eigenvalue weighted by atomic mass is 16.2. The molecule has 1 fully saturated rings. The summed E-state index contributed by atoms with van der Waals surface area (Å²) in [6.07, 6.45) is 4.25. The number of fused-ring (bicyclic) bond motifs is 1. The number of hydrogen-bond acceptors (Lipinski definition) is 2. The van der Waals surface area contributed by atoms with Crippen molar-refractivity contribution in [1.82, 2.24) is 5.32 Å². The van der Waals surface area contributed by atoms with Gasteiger partial charge in [0.2, 0.25) is 5.91 Å². The Labute approximate surface area is 102 Å². The zero-order valence-corrected chi connectivity index (χ0v) is 10.1. The molecule has 0 radical (unpaired) electrons. The number of rotatable bonds is 2. The van der Waals surface area contributed by atoms with E-state index in [4.69, 9.17) is 0 Å². The molecule has 3 nitrogen and oxygen atoms in total. The van der Waals surface area contributed by atoms with E-state index >= 15 is 0 Å². The number of anilines is 1. The Morgan fingerprint density at radius 3 is 2.82 bits per heavy atom. The molecule has 3 rings (SSSR count). The van der Waals surface area contributed by atoms with E-state index in [-0.39, 0.29) is 17.5 Å². The van der Waals surface area contributed by atoms with Crippen LogP contribution in [0.2, 0.25) is 0 Å². The van der Waals surface area contributed by atoms with Crippen LogP contribution >= 0.6 is 0 Å². The maximum Gasteiger partial charge on any atom is 0.243 e. The summed E-state index contributed by atoms with van der Waals surface area (Å²) >= 11 is 0. The molecular weight excluding hydrogens is 212 g/mol. The predicted octanol–water partition coefficient (Wildman–Crippen LogP) is 2.08. The van der Waals surface area contributed by atoms with Crippen molar-refractivity contribution in [1.29, 1.82) is 0 Å². The minimum Gasteiger partial charge on any atom is -0.373 e. The highest BCUT2D eigenvalue weighted by molar-refractivity contribution is 5.88. The van der Waals surface area contributed by atoms with Crippen LogP contribution in [0.15, 0.2) is 24.3 Å². The number of carbonyl (C=O) groups excluding carboxylic acids is 1. The first kappa shape index (κ1) is 10.6. The molecule has 0 aromatic heterocycles. The minimum absolute atomic E-state index is 0.0491. The van der Waals surface area contributed by atoms with E-state index < -0.39 is 0 Å². The summed E-state index contributed by atoms with van der Waals surface area (Å²) in [6, 6.07) is 8.05. The van der Waals surface area contributed by atoms with Gasteiger partial charge in [0.25, 0.3) is 0 Å². The zero-order valence-electron chi connectivity index (χ0n) is 10.1. The molecule has 3 heteroatoms. The van der Waals surface area contributed by atoms with Gasteiger partial charge in [0.1, 0.15) is 6.04 Å². The summed E-state index contributed by atoms with van der Waals surface area (Å²) < 4.78 is 0. The van der Waals surface area contributed by atoms with Crippen molar-refractivity contribution in [3.8, 4) is 0 Å². The normalized spacial score (nSPS) is 24.4. The van der Waals surface area contributed by atoms with Crippen molar-refractivity contribution in [3.63, 3.8) is 0 Å². The summed E-state index contributed by atoms with van der Waals surface area (Å²) in [5.41, 5.74) is 2.39. The van der Waals surface area contributed by atoms with Gasteiger partial charge in [0.15, 0.2) is 0 Å². The molecular formula is C14H18N2O. The first-order valence-corrected chi connectivity index (χ1v) is 6.33. The van der Waals surface area contributed by atoms with Gasteiger partial charge in [-0.05, 0) is 37.8 Å². The van der Waals surface area contributed by atoms with Gasteiger partial charge in [-0.2, -0.15) is 0 Å². The van der Waals surface area contributed by atoms with Crippen LogP contribution in [-0.4, -0.2) is 17.5 Å². The molecule has 2 N–H and O–H groups in total. The molecule has 17 heavy (non-hydrogen) atoms. The maximum atomic E-state index is 12.1. The average Bonchev–Trinajstić information content (AvgIpc) is 2.70. The van der Waals surface area contributed by atoms with E-state index in [1.165, 1.54) is 12.0 Å². The van der Waals surface area contributed by atoms with Crippen LogP contribution in [0.5, 0.6) is 0 Å². The van der Waals surface area contributed by atoms with Gasteiger partial charge >= 0.3 is 0 Å². The number of carbonyl (C=O) groups is 1. The molecule has 1 aliphatic carbocycles. The Morgan fingerprint density at radius 1 is 1.41 bits per heavy atom. The fourth-order valence-electron chi connectivity index (χ4n) is 2.67. The fourth-order valence-corrected chi connectivity index (χ4v) is 2.67. The lowest BCUT2D eigenvalue weighted by molar-refractivity contribution is -0.124. The van der Waals surface area contributed by atoms with Crippen LogP contribution in [0, 0.1) is 0 Å². The van der Waals surface area contributed by atoms with E-state index in [1.54, 1.807) is 0 Å². The minimum atomic E-state index is -0.0928. The smallest absolute Gasteiger partial charge is 0.243 e. The van der Waals surface area contributed by atoms with Crippen LogP contribution < -0.4 is 10.6 Å². The number of hydrogen-bond donors (Lipinski definition) is 2. The summed E-state index contributed by atoms with van der Waals surface area (Å²) in [7, 11) is 0. The first-order valence-electron chi connectivity index (χ1n) is 6.33. The lowest BCUT2D eigenvalue weighted by atomic mass is 9.78. The van der Waals surface area contributed by atoms with Crippen LogP contribution in [0.1, 0.15) is 31.7 Å². The topological polar surface area (TPSA) is 41.1 Å². The largest absolute Gasteiger partial charge is 0.373 e. The lowest BCUT2D eigenvalue weighted by Crippen LogP contribution is -2.54. The van der Waals surface area contributed by atoms with E-state index in [2.05, 4.69) is 23.6 Å². The highest BCUT2D eigenvalue weighted by Crippen LogP contribution is 2.32. The molecule has 0 spiro atoms. The van der Waals surface area contributed by atoms with Crippen LogP contribution in [-0.2, 0) is 11.2 Å². The second-order valence-corrected chi connectivity index (χ2v) is 5.46. The Bertz CT molecular complexity index is 426. The van der Waals surface area contributed by atoms with Crippen LogP contribution in [0.25, 0.3) is 0 Å². The molecule has 1 aromatic carbocycles. The number of nitrogens with one attached hydrogen (secondary N) is 2. The van der Waals surface area contributed by atoms with Crippen molar-refractivity contribution in [3.05, 3.63) is 29.8 Å². The second-order valence-electron chi connectivity index (χ2n) is 5.46. The SMILES string of the molecule is CC1(NC(=O)[C@@H]2Cc3ccccc3N2)CCC1. The summed E-state index contributed by atoms with van der Waals surface area (Å²) in [6.45, 7) is 2.14. The molecule has 1 saturated carbocycles. The monoisotopic (exact) mass is 230 g/mol. The summed E-state index contributed by atoms with van der Waals surface area (Å²) in [5, 5.41) is 6.46. The van der Waals surface area contributed by atoms with Crippen LogP contribution in [0.3, 0.4) is 0 Å². The van der Waals surface area contributed by atoms with Crippen molar-refractivity contribution in [2.24, 2.45) is 0 Å². The third-order valence-electron chi connectivity index (χ3n) is 3.97. The van der Waals surface area contributed by atoms with Gasteiger partial charge in [0.05, 0.1) is 0 Å². The van der Waals surface area contributed by atoms with Crippen molar-refractivity contribution in [2.45, 2.75) is 44.2 Å². The van der Waals surface area contributed by atoms with E-state index in [1.807, 2.05) is 18.2 Å². The Balaban J connectivity index is 1.66. The van der Waals surface area contributed by atoms with Crippen molar-refractivity contribution >= 4 is 11.6 Å². The highest BCUT2D eigenvalue weighted by Gasteiger charge is 2.36. The van der Waals surface area contributed by atoms with Gasteiger partial charge in [-0.3, -0.25) is 4.79 Å². The number of benzene rings is 1. The molecule has 2 aliphatic rings. The van der Waals surface area contributed by atoms with E-state index in [9.17, 15) is 4.79 Å². The molecule has 0 saturated heterocycles. The third kappa shape index (κ3) is 1.90. The van der Waals surface area contributed by atoms with Crippen molar-refractivity contribution in [2.75, 3.05) is 5.32 Å². The molecule has 1 aliphatic heterocycles. The van der Waals surface area contributed by atoms with Gasteiger partial charge < -0.3 is 10.6 Å². The van der Waals surface area contributed by atoms with Gasteiger partial charge in [0, 0.05) is 17.6 Å². The Morgan fingerprint density at radius 2 is 2.18 bits per heavy atom.